The molecule has 0 radical (unpaired) electrons. The highest BCUT2D eigenvalue weighted by molar-refractivity contribution is 5.37. The van der Waals surface area contributed by atoms with Gasteiger partial charge in [0.1, 0.15) is 11.8 Å². The van der Waals surface area contributed by atoms with Gasteiger partial charge in [0.05, 0.1) is 25.5 Å². The summed E-state index contributed by atoms with van der Waals surface area (Å²) in [5, 5.41) is 12.5. The van der Waals surface area contributed by atoms with Crippen LogP contribution in [0, 0.1) is 0 Å². The summed E-state index contributed by atoms with van der Waals surface area (Å²) in [6.45, 7) is 3.57. The molecule has 0 saturated carbocycles. The molecule has 0 aromatic carbocycles. The lowest BCUT2D eigenvalue weighted by Gasteiger charge is -2.31. The molecule has 142 valence electrons. The van der Waals surface area contributed by atoms with Crippen molar-refractivity contribution in [1.29, 1.82) is 0 Å². The summed E-state index contributed by atoms with van der Waals surface area (Å²) in [5.41, 5.74) is 1.30. The molecule has 10 heteroatoms. The fourth-order valence-corrected chi connectivity index (χ4v) is 3.07. The predicted octanol–water partition coefficient (Wildman–Crippen LogP) is -0.0991. The molecule has 1 aliphatic rings. The maximum absolute atomic E-state index is 12.3. The van der Waals surface area contributed by atoms with Gasteiger partial charge in [0, 0.05) is 39.0 Å². The maximum Gasteiger partial charge on any atom is 0.258 e. The molecule has 1 unspecified atom stereocenters. The van der Waals surface area contributed by atoms with E-state index in [1.165, 1.54) is 9.20 Å². The number of hydrogen-bond donors (Lipinski definition) is 0. The zero-order valence-electron chi connectivity index (χ0n) is 15.1. The Hall–Kier alpha value is -2.69. The van der Waals surface area contributed by atoms with Crippen LogP contribution in [0.2, 0.25) is 0 Å². The van der Waals surface area contributed by atoms with Crippen molar-refractivity contribution >= 4 is 5.65 Å². The molecule has 1 fully saturated rings. The second-order valence-electron chi connectivity index (χ2n) is 6.35. The van der Waals surface area contributed by atoms with E-state index < -0.39 is 0 Å². The van der Waals surface area contributed by atoms with Crippen molar-refractivity contribution in [3.05, 3.63) is 52.3 Å². The molecule has 0 amide bonds. The van der Waals surface area contributed by atoms with E-state index in [-0.39, 0.29) is 11.7 Å². The summed E-state index contributed by atoms with van der Waals surface area (Å²) >= 11 is 0. The molecule has 0 aliphatic carbocycles. The highest BCUT2D eigenvalue weighted by atomic mass is 16.5. The zero-order valence-corrected chi connectivity index (χ0v) is 15.1. The summed E-state index contributed by atoms with van der Waals surface area (Å²) in [7, 11) is 1.63. The van der Waals surface area contributed by atoms with E-state index in [1.807, 2.05) is 18.2 Å². The first-order chi connectivity index (χ1) is 13.2. The number of tetrazole rings is 1. The van der Waals surface area contributed by atoms with Crippen molar-refractivity contribution in [2.45, 2.75) is 19.2 Å². The topological polar surface area (TPSA) is 99.7 Å². The quantitative estimate of drug-likeness (QED) is 0.592. The number of methoxy groups -OCH3 is 1. The van der Waals surface area contributed by atoms with E-state index in [4.69, 9.17) is 9.47 Å². The zero-order chi connectivity index (χ0) is 18.6. The molecular formula is C17H21N7O3. The number of ether oxygens (including phenoxy) is 2. The van der Waals surface area contributed by atoms with E-state index in [2.05, 4.69) is 25.3 Å². The molecule has 3 aromatic heterocycles. The Balaban J connectivity index is 1.45. The molecule has 1 atom stereocenters. The molecule has 1 aliphatic heterocycles. The smallest absolute Gasteiger partial charge is 0.258 e. The molecule has 4 heterocycles. The Kier molecular flexibility index (Phi) is 5.19. The number of nitrogens with zero attached hydrogens (tertiary/aromatic N) is 7. The van der Waals surface area contributed by atoms with Crippen molar-refractivity contribution in [3.63, 3.8) is 0 Å². The lowest BCUT2D eigenvalue weighted by atomic mass is 10.2. The summed E-state index contributed by atoms with van der Waals surface area (Å²) in [6, 6.07) is 7.09. The van der Waals surface area contributed by atoms with Crippen molar-refractivity contribution in [3.8, 4) is 0 Å². The summed E-state index contributed by atoms with van der Waals surface area (Å²) in [4.78, 5) is 20.5. The summed E-state index contributed by atoms with van der Waals surface area (Å²) in [5.74, 6) is 0.558. The van der Waals surface area contributed by atoms with E-state index in [0.717, 1.165) is 12.2 Å². The highest BCUT2D eigenvalue weighted by Gasteiger charge is 2.26. The van der Waals surface area contributed by atoms with Gasteiger partial charge in [0.2, 0.25) is 5.82 Å². The number of hydrogen-bond acceptors (Lipinski definition) is 8. The predicted molar refractivity (Wildman–Crippen MR) is 95.1 cm³/mol. The lowest BCUT2D eigenvalue weighted by molar-refractivity contribution is -0.0377. The minimum atomic E-state index is -0.253. The minimum Gasteiger partial charge on any atom is -0.383 e. The average Bonchev–Trinajstić information content (AvgIpc) is 3.16. The third-order valence-electron chi connectivity index (χ3n) is 4.41. The van der Waals surface area contributed by atoms with Crippen molar-refractivity contribution < 1.29 is 9.47 Å². The Bertz CT molecular complexity index is 970. The molecule has 0 spiro atoms. The van der Waals surface area contributed by atoms with Gasteiger partial charge in [-0.05, 0) is 17.3 Å². The lowest BCUT2D eigenvalue weighted by Crippen LogP contribution is -2.38. The fourth-order valence-electron chi connectivity index (χ4n) is 3.07. The number of morpholine rings is 1. The highest BCUT2D eigenvalue weighted by Crippen LogP contribution is 2.19. The molecular weight excluding hydrogens is 350 g/mol. The first-order valence-corrected chi connectivity index (χ1v) is 8.81. The SMILES string of the molecule is COCCn1nnc(C2CN(Cc3cc(=O)n4ccccc4n3)CCO2)n1. The van der Waals surface area contributed by atoms with Gasteiger partial charge in [-0.3, -0.25) is 14.1 Å². The van der Waals surface area contributed by atoms with Crippen LogP contribution in [0.15, 0.2) is 35.3 Å². The second kappa shape index (κ2) is 7.91. The summed E-state index contributed by atoms with van der Waals surface area (Å²) < 4.78 is 12.4. The van der Waals surface area contributed by atoms with Gasteiger partial charge in [-0.2, -0.15) is 4.80 Å². The molecule has 3 aromatic rings. The minimum absolute atomic E-state index is 0.0804. The molecule has 0 bridgehead atoms. The molecule has 10 nitrogen and oxygen atoms in total. The van der Waals surface area contributed by atoms with Gasteiger partial charge in [-0.15, -0.1) is 10.2 Å². The van der Waals surface area contributed by atoms with Crippen LogP contribution >= 0.6 is 0 Å². The first kappa shape index (κ1) is 17.7. The summed E-state index contributed by atoms with van der Waals surface area (Å²) in [6.07, 6.45) is 1.47. The normalized spacial score (nSPS) is 18.2. The van der Waals surface area contributed by atoms with E-state index in [9.17, 15) is 4.79 Å². The molecule has 27 heavy (non-hydrogen) atoms. The van der Waals surface area contributed by atoms with Gasteiger partial charge in [0.25, 0.3) is 5.56 Å². The molecule has 4 rings (SSSR count). The van der Waals surface area contributed by atoms with Gasteiger partial charge in [-0.25, -0.2) is 4.98 Å². The largest absolute Gasteiger partial charge is 0.383 e. The number of rotatable bonds is 6. The van der Waals surface area contributed by atoms with Crippen LogP contribution in [0.25, 0.3) is 5.65 Å². The fraction of sp³-hybridized carbons (Fsp3) is 0.471. The Morgan fingerprint density at radius 3 is 3.19 bits per heavy atom. The Labute approximate surface area is 155 Å². The third kappa shape index (κ3) is 4.02. The van der Waals surface area contributed by atoms with Crippen LogP contribution in [-0.2, 0) is 22.6 Å². The van der Waals surface area contributed by atoms with E-state index in [1.54, 1.807) is 19.4 Å². The van der Waals surface area contributed by atoms with Crippen LogP contribution in [0.4, 0.5) is 0 Å². The molecule has 1 saturated heterocycles. The standard InChI is InChI=1S/C17H21N7O3/c1-26-8-7-24-20-17(19-21-24)14-12-22(6-9-27-14)11-13-10-16(25)23-5-3-2-4-15(23)18-13/h2-5,10,14H,6-9,11-12H2,1H3. The van der Waals surface area contributed by atoms with Crippen LogP contribution < -0.4 is 5.56 Å². The Morgan fingerprint density at radius 1 is 1.37 bits per heavy atom. The van der Waals surface area contributed by atoms with Crippen molar-refractivity contribution in [2.75, 3.05) is 33.4 Å². The van der Waals surface area contributed by atoms with Crippen molar-refractivity contribution in [1.82, 2.24) is 34.5 Å². The first-order valence-electron chi connectivity index (χ1n) is 8.81. The van der Waals surface area contributed by atoms with Gasteiger partial charge in [0.15, 0.2) is 0 Å². The van der Waals surface area contributed by atoms with E-state index >= 15 is 0 Å². The monoisotopic (exact) mass is 371 g/mol. The number of fused-ring (bicyclic) bond motifs is 1. The van der Waals surface area contributed by atoms with Crippen molar-refractivity contribution in [2.24, 2.45) is 0 Å². The van der Waals surface area contributed by atoms with Crippen LogP contribution in [0.1, 0.15) is 17.6 Å². The van der Waals surface area contributed by atoms with Gasteiger partial charge < -0.3 is 9.47 Å². The van der Waals surface area contributed by atoms with Gasteiger partial charge >= 0.3 is 0 Å². The third-order valence-corrected chi connectivity index (χ3v) is 4.41. The molecule has 0 N–H and O–H groups in total. The van der Waals surface area contributed by atoms with E-state index in [0.29, 0.717) is 44.3 Å². The van der Waals surface area contributed by atoms with Crippen LogP contribution in [-0.4, -0.2) is 67.9 Å². The van der Waals surface area contributed by atoms with Crippen LogP contribution in [0.3, 0.4) is 0 Å². The number of aromatic nitrogens is 6. The van der Waals surface area contributed by atoms with Crippen LogP contribution in [0.5, 0.6) is 0 Å². The van der Waals surface area contributed by atoms with Gasteiger partial charge in [-0.1, -0.05) is 6.07 Å². The number of pyridine rings is 1. The maximum atomic E-state index is 12.3. The Morgan fingerprint density at radius 2 is 2.30 bits per heavy atom. The average molecular weight is 371 g/mol. The second-order valence-corrected chi connectivity index (χ2v) is 6.35.